The van der Waals surface area contributed by atoms with Crippen LogP contribution in [0.25, 0.3) is 0 Å². The van der Waals surface area contributed by atoms with E-state index in [1.807, 2.05) is 0 Å². The third-order valence-electron chi connectivity index (χ3n) is 6.15. The van der Waals surface area contributed by atoms with Crippen molar-refractivity contribution in [2.45, 2.75) is 71.9 Å². The standard InChI is InChI=1S/C24H37N5O4/c1-15-8-9-19(17-7-6-10-25-12-17)29(14-15)22(31)21(30)27-18-11-16(2)20(26-13-18)28-23(32)33-24(3,4)5/h11,13,15,17,19,25H,6-10,12,14H2,1-5H3,(H,27,30)(H,26,28,32)/t15-,17?,19+/m0/s1. The largest absolute Gasteiger partial charge is 0.444 e. The van der Waals surface area contributed by atoms with Crippen molar-refractivity contribution in [3.63, 3.8) is 0 Å². The lowest BCUT2D eigenvalue weighted by molar-refractivity contribution is -0.147. The van der Waals surface area contributed by atoms with Gasteiger partial charge >= 0.3 is 17.9 Å². The number of likely N-dealkylation sites (tertiary alicyclic amines) is 1. The monoisotopic (exact) mass is 459 g/mol. The van der Waals surface area contributed by atoms with Crippen LogP contribution < -0.4 is 16.0 Å². The zero-order chi connectivity index (χ0) is 24.2. The van der Waals surface area contributed by atoms with Gasteiger partial charge in [-0.15, -0.1) is 0 Å². The van der Waals surface area contributed by atoms with Gasteiger partial charge in [-0.3, -0.25) is 14.9 Å². The number of anilines is 2. The summed E-state index contributed by atoms with van der Waals surface area (Å²) in [6.45, 7) is 11.7. The molecule has 2 saturated heterocycles. The van der Waals surface area contributed by atoms with Crippen LogP contribution >= 0.6 is 0 Å². The van der Waals surface area contributed by atoms with Gasteiger partial charge in [-0.2, -0.15) is 0 Å². The summed E-state index contributed by atoms with van der Waals surface area (Å²) in [7, 11) is 0. The zero-order valence-electron chi connectivity index (χ0n) is 20.4. The molecule has 3 heterocycles. The molecule has 0 bridgehead atoms. The molecular weight excluding hydrogens is 422 g/mol. The summed E-state index contributed by atoms with van der Waals surface area (Å²) in [4.78, 5) is 44.0. The number of hydrogen-bond acceptors (Lipinski definition) is 6. The van der Waals surface area contributed by atoms with E-state index in [0.29, 0.717) is 35.4 Å². The van der Waals surface area contributed by atoms with Gasteiger partial charge in [-0.25, -0.2) is 9.78 Å². The van der Waals surface area contributed by atoms with E-state index in [-0.39, 0.29) is 6.04 Å². The van der Waals surface area contributed by atoms with Crippen molar-refractivity contribution < 1.29 is 19.1 Å². The van der Waals surface area contributed by atoms with Crippen LogP contribution in [0.15, 0.2) is 12.3 Å². The molecule has 0 aliphatic carbocycles. The van der Waals surface area contributed by atoms with Crippen molar-refractivity contribution >= 4 is 29.4 Å². The van der Waals surface area contributed by atoms with Gasteiger partial charge in [0.25, 0.3) is 0 Å². The number of rotatable bonds is 3. The first kappa shape index (κ1) is 25.0. The van der Waals surface area contributed by atoms with Crippen molar-refractivity contribution in [2.75, 3.05) is 30.3 Å². The third kappa shape index (κ3) is 6.90. The second kappa shape index (κ2) is 10.5. The van der Waals surface area contributed by atoms with Gasteiger partial charge in [0.1, 0.15) is 11.4 Å². The lowest BCUT2D eigenvalue weighted by Crippen LogP contribution is -2.55. The molecule has 33 heavy (non-hydrogen) atoms. The summed E-state index contributed by atoms with van der Waals surface area (Å²) in [6.07, 6.45) is 4.99. The number of nitrogens with zero attached hydrogens (tertiary/aromatic N) is 2. The predicted octanol–water partition coefficient (Wildman–Crippen LogP) is 3.30. The number of carbonyl (C=O) groups is 3. The van der Waals surface area contributed by atoms with E-state index in [0.717, 1.165) is 38.8 Å². The second-order valence-corrected chi connectivity index (χ2v) is 10.3. The minimum absolute atomic E-state index is 0.0903. The van der Waals surface area contributed by atoms with Crippen molar-refractivity contribution in [1.29, 1.82) is 0 Å². The Morgan fingerprint density at radius 1 is 1.18 bits per heavy atom. The zero-order valence-corrected chi connectivity index (χ0v) is 20.4. The fourth-order valence-electron chi connectivity index (χ4n) is 4.59. The number of aryl methyl sites for hydroxylation is 1. The lowest BCUT2D eigenvalue weighted by atomic mass is 9.82. The van der Waals surface area contributed by atoms with E-state index in [4.69, 9.17) is 4.74 Å². The topological polar surface area (TPSA) is 113 Å². The average Bonchev–Trinajstić information content (AvgIpc) is 2.74. The highest BCUT2D eigenvalue weighted by Gasteiger charge is 2.38. The number of hydrogen-bond donors (Lipinski definition) is 3. The molecule has 3 amide bonds. The van der Waals surface area contributed by atoms with Gasteiger partial charge in [-0.1, -0.05) is 6.92 Å². The first-order valence-corrected chi connectivity index (χ1v) is 11.8. The van der Waals surface area contributed by atoms with Gasteiger partial charge in [0, 0.05) is 12.6 Å². The molecule has 0 radical (unpaired) electrons. The van der Waals surface area contributed by atoms with E-state index in [2.05, 4.69) is 27.9 Å². The Bertz CT molecular complexity index is 876. The number of pyridine rings is 1. The molecule has 9 nitrogen and oxygen atoms in total. The normalized spacial score (nSPS) is 23.5. The average molecular weight is 460 g/mol. The lowest BCUT2D eigenvalue weighted by Gasteiger charge is -2.43. The Morgan fingerprint density at radius 2 is 1.94 bits per heavy atom. The summed E-state index contributed by atoms with van der Waals surface area (Å²) in [5.41, 5.74) is 0.425. The molecule has 0 spiro atoms. The van der Waals surface area contributed by atoms with Crippen molar-refractivity contribution in [2.24, 2.45) is 11.8 Å². The minimum atomic E-state index is -0.660. The number of ether oxygens (including phenoxy) is 1. The van der Waals surface area contributed by atoms with E-state index < -0.39 is 23.5 Å². The first-order chi connectivity index (χ1) is 15.5. The summed E-state index contributed by atoms with van der Waals surface area (Å²) in [5, 5.41) is 8.71. The number of nitrogens with one attached hydrogen (secondary N) is 3. The van der Waals surface area contributed by atoms with Crippen molar-refractivity contribution in [3.05, 3.63) is 17.8 Å². The van der Waals surface area contributed by atoms with E-state index in [1.54, 1.807) is 38.7 Å². The Kier molecular flexibility index (Phi) is 7.94. The third-order valence-corrected chi connectivity index (χ3v) is 6.15. The highest BCUT2D eigenvalue weighted by Crippen LogP contribution is 2.30. The van der Waals surface area contributed by atoms with Crippen molar-refractivity contribution in [1.82, 2.24) is 15.2 Å². The summed E-state index contributed by atoms with van der Waals surface area (Å²) in [6, 6.07) is 1.76. The van der Waals surface area contributed by atoms with E-state index in [9.17, 15) is 14.4 Å². The number of piperidine rings is 2. The number of carbonyl (C=O) groups excluding carboxylic acids is 3. The number of amides is 3. The van der Waals surface area contributed by atoms with Gasteiger partial charge in [0.05, 0.1) is 11.9 Å². The fraction of sp³-hybridized carbons (Fsp3) is 0.667. The van der Waals surface area contributed by atoms with E-state index in [1.165, 1.54) is 6.20 Å². The van der Waals surface area contributed by atoms with Crippen LogP contribution in [0.1, 0.15) is 58.9 Å². The van der Waals surface area contributed by atoms with Crippen molar-refractivity contribution in [3.8, 4) is 0 Å². The first-order valence-electron chi connectivity index (χ1n) is 11.8. The van der Waals surface area contributed by atoms with Gasteiger partial charge in [-0.05, 0) is 89.9 Å². The molecule has 2 aliphatic rings. The summed E-state index contributed by atoms with van der Waals surface area (Å²) < 4.78 is 5.24. The van der Waals surface area contributed by atoms with Gasteiger partial charge < -0.3 is 20.3 Å². The maximum absolute atomic E-state index is 13.1. The molecular formula is C24H37N5O4. The van der Waals surface area contributed by atoms with Gasteiger partial charge in [0.15, 0.2) is 0 Å². The smallest absolute Gasteiger partial charge is 0.413 e. The molecule has 0 aromatic carbocycles. The molecule has 2 aliphatic heterocycles. The van der Waals surface area contributed by atoms with Crippen LogP contribution in [0.3, 0.4) is 0 Å². The fourth-order valence-corrected chi connectivity index (χ4v) is 4.59. The Labute approximate surface area is 196 Å². The molecule has 1 aromatic rings. The Hall–Kier alpha value is -2.68. The summed E-state index contributed by atoms with van der Waals surface area (Å²) in [5.74, 6) is -0.0669. The molecule has 182 valence electrons. The highest BCUT2D eigenvalue weighted by molar-refractivity contribution is 6.39. The quantitative estimate of drug-likeness (QED) is 0.598. The number of aromatic nitrogens is 1. The van der Waals surface area contributed by atoms with Crippen LogP contribution in [-0.4, -0.2) is 59.1 Å². The SMILES string of the molecule is Cc1cc(NC(=O)C(=O)N2C[C@@H](C)CC[C@@H]2C2CCCNC2)cnc1NC(=O)OC(C)(C)C. The molecule has 1 unspecified atom stereocenters. The maximum Gasteiger partial charge on any atom is 0.413 e. The van der Waals surface area contributed by atoms with Crippen LogP contribution in [0, 0.1) is 18.8 Å². The molecule has 1 aromatic heterocycles. The van der Waals surface area contributed by atoms with Crippen LogP contribution in [0.4, 0.5) is 16.3 Å². The minimum Gasteiger partial charge on any atom is -0.444 e. The maximum atomic E-state index is 13.1. The molecule has 0 saturated carbocycles. The molecule has 3 atom stereocenters. The molecule has 2 fully saturated rings. The molecule has 3 rings (SSSR count). The highest BCUT2D eigenvalue weighted by atomic mass is 16.6. The van der Waals surface area contributed by atoms with Crippen LogP contribution in [-0.2, 0) is 14.3 Å². The predicted molar refractivity (Wildman–Crippen MR) is 127 cm³/mol. The Morgan fingerprint density at radius 3 is 2.58 bits per heavy atom. The molecule has 9 heteroatoms. The van der Waals surface area contributed by atoms with Crippen LogP contribution in [0.5, 0.6) is 0 Å². The van der Waals surface area contributed by atoms with Gasteiger partial charge in [0.2, 0.25) is 0 Å². The molecule has 3 N–H and O–H groups in total. The second-order valence-electron chi connectivity index (χ2n) is 10.3. The van der Waals surface area contributed by atoms with E-state index >= 15 is 0 Å². The summed E-state index contributed by atoms with van der Waals surface area (Å²) >= 11 is 0. The Balaban J connectivity index is 1.65. The van der Waals surface area contributed by atoms with Crippen LogP contribution in [0.2, 0.25) is 0 Å².